The summed E-state index contributed by atoms with van der Waals surface area (Å²) in [6.45, 7) is 7.22. The summed E-state index contributed by atoms with van der Waals surface area (Å²) in [6.07, 6.45) is 0.0457. The average molecular weight is 342 g/mol. The van der Waals surface area contributed by atoms with Crippen LogP contribution >= 0.6 is 15.9 Å². The molecule has 20 heavy (non-hydrogen) atoms. The molecule has 0 spiro atoms. The topological polar surface area (TPSA) is 38.8 Å². The van der Waals surface area contributed by atoms with Crippen LogP contribution in [-0.4, -0.2) is 42.7 Å². The smallest absolute Gasteiger partial charge is 0.254 e. The zero-order valence-electron chi connectivity index (χ0n) is 12.3. The second-order valence-electron chi connectivity index (χ2n) is 5.72. The third-order valence-electron chi connectivity index (χ3n) is 3.26. The molecule has 1 fully saturated rings. The molecule has 1 aliphatic heterocycles. The predicted molar refractivity (Wildman–Crippen MR) is 81.2 cm³/mol. The van der Waals surface area contributed by atoms with Gasteiger partial charge in [0.1, 0.15) is 5.75 Å². The molecule has 2 rings (SSSR count). The lowest BCUT2D eigenvalue weighted by molar-refractivity contribution is -0.118. The molecule has 1 amide bonds. The highest BCUT2D eigenvalue weighted by Gasteiger charge is 2.34. The van der Waals surface area contributed by atoms with Crippen molar-refractivity contribution < 1.29 is 14.3 Å². The summed E-state index contributed by atoms with van der Waals surface area (Å²) in [5, 5.41) is 0. The number of amides is 1. The van der Waals surface area contributed by atoms with Gasteiger partial charge in [0, 0.05) is 18.7 Å². The van der Waals surface area contributed by atoms with Gasteiger partial charge in [0.05, 0.1) is 23.3 Å². The molecule has 0 saturated carbocycles. The molecule has 0 radical (unpaired) electrons. The summed E-state index contributed by atoms with van der Waals surface area (Å²) in [5.41, 5.74) is 0.347. The minimum atomic E-state index is -0.309. The van der Waals surface area contributed by atoms with Gasteiger partial charge in [-0.05, 0) is 54.9 Å². The highest BCUT2D eigenvalue weighted by molar-refractivity contribution is 9.10. The molecule has 0 aliphatic carbocycles. The van der Waals surface area contributed by atoms with Crippen molar-refractivity contribution in [2.45, 2.75) is 32.5 Å². The molecule has 110 valence electrons. The van der Waals surface area contributed by atoms with E-state index in [0.717, 1.165) is 10.2 Å². The van der Waals surface area contributed by atoms with Gasteiger partial charge >= 0.3 is 0 Å². The maximum atomic E-state index is 12.6. The normalized spacial score (nSPS) is 21.6. The van der Waals surface area contributed by atoms with Gasteiger partial charge in [-0.2, -0.15) is 0 Å². The Kier molecular flexibility index (Phi) is 4.39. The first-order valence-corrected chi connectivity index (χ1v) is 7.42. The fraction of sp³-hybridized carbons (Fsp3) is 0.533. The van der Waals surface area contributed by atoms with Crippen LogP contribution in [-0.2, 0) is 4.74 Å². The fourth-order valence-corrected chi connectivity index (χ4v) is 3.13. The molecule has 0 N–H and O–H groups in total. The molecule has 4 nitrogen and oxygen atoms in total. The van der Waals surface area contributed by atoms with Crippen LogP contribution < -0.4 is 4.74 Å². The molecule has 1 aromatic rings. The summed E-state index contributed by atoms with van der Waals surface area (Å²) < 4.78 is 11.8. The number of ether oxygens (including phenoxy) is 2. The lowest BCUT2D eigenvalue weighted by Crippen LogP contribution is -2.53. The van der Waals surface area contributed by atoms with Crippen molar-refractivity contribution in [3.05, 3.63) is 28.2 Å². The summed E-state index contributed by atoms with van der Waals surface area (Å²) in [5.74, 6) is 0.744. The van der Waals surface area contributed by atoms with Crippen molar-refractivity contribution >= 4 is 21.8 Å². The summed E-state index contributed by atoms with van der Waals surface area (Å²) in [7, 11) is 1.60. The van der Waals surface area contributed by atoms with Gasteiger partial charge in [-0.1, -0.05) is 0 Å². The molecular weight excluding hydrogens is 322 g/mol. The first-order valence-electron chi connectivity index (χ1n) is 6.63. The first kappa shape index (κ1) is 15.3. The van der Waals surface area contributed by atoms with Crippen LogP contribution in [0.3, 0.4) is 0 Å². The number of rotatable bonds is 2. The van der Waals surface area contributed by atoms with Gasteiger partial charge in [0.15, 0.2) is 0 Å². The van der Waals surface area contributed by atoms with E-state index in [0.29, 0.717) is 18.7 Å². The van der Waals surface area contributed by atoms with E-state index in [-0.39, 0.29) is 17.6 Å². The van der Waals surface area contributed by atoms with Gasteiger partial charge < -0.3 is 14.4 Å². The van der Waals surface area contributed by atoms with Crippen LogP contribution in [0.1, 0.15) is 31.1 Å². The van der Waals surface area contributed by atoms with Crippen LogP contribution in [0, 0.1) is 0 Å². The van der Waals surface area contributed by atoms with E-state index in [1.165, 1.54) is 0 Å². The number of halogens is 1. The highest BCUT2D eigenvalue weighted by Crippen LogP contribution is 2.27. The van der Waals surface area contributed by atoms with Crippen molar-refractivity contribution in [2.24, 2.45) is 0 Å². The molecule has 0 aromatic heterocycles. The van der Waals surface area contributed by atoms with E-state index in [1.807, 2.05) is 25.7 Å². The van der Waals surface area contributed by atoms with Crippen LogP contribution in [0.5, 0.6) is 5.75 Å². The molecule has 1 atom stereocenters. The van der Waals surface area contributed by atoms with Crippen molar-refractivity contribution in [3.8, 4) is 5.75 Å². The Morgan fingerprint density at radius 1 is 1.50 bits per heavy atom. The number of hydrogen-bond acceptors (Lipinski definition) is 3. The summed E-state index contributed by atoms with van der Waals surface area (Å²) in [4.78, 5) is 14.4. The Morgan fingerprint density at radius 3 is 2.75 bits per heavy atom. The van der Waals surface area contributed by atoms with E-state index in [4.69, 9.17) is 9.47 Å². The minimum absolute atomic E-state index is 0.0246. The van der Waals surface area contributed by atoms with E-state index < -0.39 is 0 Å². The number of nitrogens with zero attached hydrogens (tertiary/aromatic N) is 1. The Hall–Kier alpha value is -1.07. The number of benzene rings is 1. The van der Waals surface area contributed by atoms with Crippen LogP contribution in [0.15, 0.2) is 22.7 Å². The Labute approximate surface area is 128 Å². The van der Waals surface area contributed by atoms with Gasteiger partial charge in [-0.15, -0.1) is 0 Å². The second-order valence-corrected chi connectivity index (χ2v) is 6.58. The quantitative estimate of drug-likeness (QED) is 0.829. The molecular formula is C15H20BrNO3. The SMILES string of the molecule is COc1ccc(C(=O)N2CC(C)OC(C)(C)C2)cc1Br. The molecule has 1 heterocycles. The predicted octanol–water partition coefficient (Wildman–Crippen LogP) is 3.10. The lowest BCUT2D eigenvalue weighted by Gasteiger charge is -2.41. The zero-order chi connectivity index (χ0) is 14.9. The van der Waals surface area contributed by atoms with Gasteiger partial charge in [0.2, 0.25) is 0 Å². The number of methoxy groups -OCH3 is 1. The van der Waals surface area contributed by atoms with Crippen molar-refractivity contribution in [1.82, 2.24) is 4.90 Å². The summed E-state index contributed by atoms with van der Waals surface area (Å²) in [6, 6.07) is 5.39. The lowest BCUT2D eigenvalue weighted by atomic mass is 10.0. The highest BCUT2D eigenvalue weighted by atomic mass is 79.9. The fourth-order valence-electron chi connectivity index (χ4n) is 2.59. The molecule has 5 heteroatoms. The van der Waals surface area contributed by atoms with E-state index in [1.54, 1.807) is 25.3 Å². The number of morpholine rings is 1. The second kappa shape index (κ2) is 5.74. The number of carbonyl (C=O) groups is 1. The van der Waals surface area contributed by atoms with Crippen molar-refractivity contribution in [2.75, 3.05) is 20.2 Å². The minimum Gasteiger partial charge on any atom is -0.496 e. The first-order chi connectivity index (χ1) is 9.32. The Balaban J connectivity index is 2.20. The average Bonchev–Trinajstić information content (AvgIpc) is 2.35. The maximum absolute atomic E-state index is 12.6. The van der Waals surface area contributed by atoms with E-state index in [9.17, 15) is 4.79 Å². The van der Waals surface area contributed by atoms with E-state index in [2.05, 4.69) is 15.9 Å². The molecule has 1 unspecified atom stereocenters. The zero-order valence-corrected chi connectivity index (χ0v) is 13.9. The third kappa shape index (κ3) is 3.33. The van der Waals surface area contributed by atoms with Crippen molar-refractivity contribution in [3.63, 3.8) is 0 Å². The van der Waals surface area contributed by atoms with Crippen molar-refractivity contribution in [1.29, 1.82) is 0 Å². The van der Waals surface area contributed by atoms with Crippen LogP contribution in [0.2, 0.25) is 0 Å². The molecule has 1 aromatic carbocycles. The molecule has 1 saturated heterocycles. The Morgan fingerprint density at radius 2 is 2.20 bits per heavy atom. The van der Waals surface area contributed by atoms with Gasteiger partial charge in [-0.25, -0.2) is 0 Å². The number of hydrogen-bond donors (Lipinski definition) is 0. The van der Waals surface area contributed by atoms with Gasteiger partial charge in [0.25, 0.3) is 5.91 Å². The van der Waals surface area contributed by atoms with Crippen LogP contribution in [0.4, 0.5) is 0 Å². The third-order valence-corrected chi connectivity index (χ3v) is 3.88. The molecule has 0 bridgehead atoms. The molecule has 1 aliphatic rings. The number of carbonyl (C=O) groups excluding carboxylic acids is 1. The summed E-state index contributed by atoms with van der Waals surface area (Å²) >= 11 is 3.41. The monoisotopic (exact) mass is 341 g/mol. The largest absolute Gasteiger partial charge is 0.496 e. The standard InChI is InChI=1S/C15H20BrNO3/c1-10-8-17(9-15(2,3)20-10)14(18)11-5-6-13(19-4)12(16)7-11/h5-7,10H,8-9H2,1-4H3. The maximum Gasteiger partial charge on any atom is 0.254 e. The van der Waals surface area contributed by atoms with Crippen LogP contribution in [0.25, 0.3) is 0 Å². The van der Waals surface area contributed by atoms with Gasteiger partial charge in [-0.3, -0.25) is 4.79 Å². The van der Waals surface area contributed by atoms with E-state index >= 15 is 0 Å². The Bertz CT molecular complexity index is 516.